The third-order valence-electron chi connectivity index (χ3n) is 7.43. The van der Waals surface area contributed by atoms with Gasteiger partial charge in [0, 0.05) is 32.6 Å². The molecule has 0 aliphatic heterocycles. The second-order valence-electron chi connectivity index (χ2n) is 9.90. The summed E-state index contributed by atoms with van der Waals surface area (Å²) in [6.07, 6.45) is 8.29. The Morgan fingerprint density at radius 1 is 1.00 bits per heavy atom. The van der Waals surface area contributed by atoms with Crippen molar-refractivity contribution >= 4 is 17.7 Å². The molecule has 6 heteroatoms. The van der Waals surface area contributed by atoms with Crippen LogP contribution in [0.25, 0.3) is 0 Å². The molecule has 0 spiro atoms. The van der Waals surface area contributed by atoms with Gasteiger partial charge in [0.15, 0.2) is 0 Å². The van der Waals surface area contributed by atoms with E-state index in [1.54, 1.807) is 31.1 Å². The number of nitrogens with zero attached hydrogens (tertiary/aromatic N) is 1. The minimum atomic E-state index is -0.132. The average Bonchev–Trinajstić information content (AvgIpc) is 2.70. The molecule has 0 heterocycles. The molecule has 30 heavy (non-hydrogen) atoms. The van der Waals surface area contributed by atoms with Crippen LogP contribution < -0.4 is 10.6 Å². The fraction of sp³-hybridized carbons (Fsp3) is 0.625. The summed E-state index contributed by atoms with van der Waals surface area (Å²) in [5, 5.41) is 5.46. The van der Waals surface area contributed by atoms with Crippen molar-refractivity contribution in [2.45, 2.75) is 51.5 Å². The highest BCUT2D eigenvalue weighted by molar-refractivity contribution is 5.94. The van der Waals surface area contributed by atoms with E-state index in [0.29, 0.717) is 18.5 Å². The standard InChI is InChI=1S/C24H33N3O3/c1-25-23(30)20-5-3-16(4-6-20)15-27(2)22(29)14-26-21(28)13-24-10-17-7-18(11-24)9-19(8-17)12-24/h3-6,17-19H,7-15H2,1-2H3,(H,25,30)(H,26,28). The van der Waals surface area contributed by atoms with E-state index in [4.69, 9.17) is 0 Å². The molecule has 6 nitrogen and oxygen atoms in total. The molecule has 5 rings (SSSR count). The number of rotatable bonds is 7. The Morgan fingerprint density at radius 3 is 2.10 bits per heavy atom. The van der Waals surface area contributed by atoms with Crippen LogP contribution in [-0.2, 0) is 16.1 Å². The lowest BCUT2D eigenvalue weighted by Crippen LogP contribution is -2.48. The molecule has 4 saturated carbocycles. The van der Waals surface area contributed by atoms with Gasteiger partial charge in [-0.3, -0.25) is 14.4 Å². The number of likely N-dealkylation sites (N-methyl/N-ethyl adjacent to an activating group) is 1. The van der Waals surface area contributed by atoms with Crippen LogP contribution in [0.15, 0.2) is 24.3 Å². The minimum absolute atomic E-state index is 0.0219. The smallest absolute Gasteiger partial charge is 0.251 e. The predicted molar refractivity (Wildman–Crippen MR) is 115 cm³/mol. The number of benzene rings is 1. The fourth-order valence-corrected chi connectivity index (χ4v) is 6.49. The Bertz CT molecular complexity index is 782. The van der Waals surface area contributed by atoms with Crippen molar-refractivity contribution in [2.75, 3.05) is 20.6 Å². The van der Waals surface area contributed by atoms with Crippen LogP contribution in [0.1, 0.15) is 60.9 Å². The van der Waals surface area contributed by atoms with Crippen molar-refractivity contribution in [3.63, 3.8) is 0 Å². The van der Waals surface area contributed by atoms with Gasteiger partial charge in [-0.25, -0.2) is 0 Å². The van der Waals surface area contributed by atoms with Crippen LogP contribution in [0.2, 0.25) is 0 Å². The van der Waals surface area contributed by atoms with Gasteiger partial charge in [0.25, 0.3) is 5.91 Å². The number of amides is 3. The maximum Gasteiger partial charge on any atom is 0.251 e. The monoisotopic (exact) mass is 411 g/mol. The molecule has 1 aromatic carbocycles. The van der Waals surface area contributed by atoms with Gasteiger partial charge >= 0.3 is 0 Å². The molecule has 1 aromatic rings. The lowest BCUT2D eigenvalue weighted by Gasteiger charge is -2.56. The summed E-state index contributed by atoms with van der Waals surface area (Å²) in [6.45, 7) is 0.482. The summed E-state index contributed by atoms with van der Waals surface area (Å²) >= 11 is 0. The Labute approximate surface area is 178 Å². The first kappa shape index (κ1) is 20.9. The summed E-state index contributed by atoms with van der Waals surface area (Å²) in [5.41, 5.74) is 1.73. The van der Waals surface area contributed by atoms with Crippen molar-refractivity contribution in [1.29, 1.82) is 0 Å². The van der Waals surface area contributed by atoms with E-state index >= 15 is 0 Å². The van der Waals surface area contributed by atoms with E-state index in [0.717, 1.165) is 23.3 Å². The molecule has 0 radical (unpaired) electrons. The number of hydrogen-bond donors (Lipinski definition) is 2. The minimum Gasteiger partial charge on any atom is -0.355 e. The van der Waals surface area contributed by atoms with Crippen molar-refractivity contribution < 1.29 is 14.4 Å². The topological polar surface area (TPSA) is 78.5 Å². The van der Waals surface area contributed by atoms with E-state index in [-0.39, 0.29) is 29.7 Å². The summed E-state index contributed by atoms with van der Waals surface area (Å²) in [4.78, 5) is 38.3. The zero-order valence-corrected chi connectivity index (χ0v) is 18.1. The first-order chi connectivity index (χ1) is 14.4. The zero-order valence-electron chi connectivity index (χ0n) is 18.1. The number of carbonyl (C=O) groups excluding carboxylic acids is 3. The zero-order chi connectivity index (χ0) is 21.3. The van der Waals surface area contributed by atoms with Crippen LogP contribution in [0.4, 0.5) is 0 Å². The Balaban J connectivity index is 1.24. The summed E-state index contributed by atoms with van der Waals surface area (Å²) in [5.74, 6) is 2.26. The first-order valence-corrected chi connectivity index (χ1v) is 11.2. The third kappa shape index (κ3) is 4.52. The predicted octanol–water partition coefficient (Wildman–Crippen LogP) is 2.73. The van der Waals surface area contributed by atoms with E-state index < -0.39 is 0 Å². The molecule has 4 aliphatic rings. The van der Waals surface area contributed by atoms with Crippen LogP contribution in [0.5, 0.6) is 0 Å². The molecule has 3 amide bonds. The van der Waals surface area contributed by atoms with Crippen LogP contribution in [0.3, 0.4) is 0 Å². The molecule has 4 fully saturated rings. The summed E-state index contributed by atoms with van der Waals surface area (Å²) in [6, 6.07) is 7.19. The van der Waals surface area contributed by atoms with Crippen molar-refractivity contribution in [1.82, 2.24) is 15.5 Å². The maximum absolute atomic E-state index is 12.6. The van der Waals surface area contributed by atoms with Gasteiger partial charge in [0.2, 0.25) is 11.8 Å². The highest BCUT2D eigenvalue weighted by atomic mass is 16.2. The van der Waals surface area contributed by atoms with Crippen molar-refractivity contribution in [2.24, 2.45) is 23.2 Å². The molecular weight excluding hydrogens is 378 g/mol. The van der Waals surface area contributed by atoms with Gasteiger partial charge in [-0.1, -0.05) is 12.1 Å². The Hall–Kier alpha value is -2.37. The van der Waals surface area contributed by atoms with Gasteiger partial charge < -0.3 is 15.5 Å². The first-order valence-electron chi connectivity index (χ1n) is 11.2. The molecule has 4 aliphatic carbocycles. The third-order valence-corrected chi connectivity index (χ3v) is 7.43. The van der Waals surface area contributed by atoms with Gasteiger partial charge in [0.1, 0.15) is 0 Å². The highest BCUT2D eigenvalue weighted by Crippen LogP contribution is 2.61. The number of hydrogen-bond acceptors (Lipinski definition) is 3. The Kier molecular flexibility index (Phi) is 5.85. The fourth-order valence-electron chi connectivity index (χ4n) is 6.49. The molecule has 4 bridgehead atoms. The summed E-state index contributed by atoms with van der Waals surface area (Å²) in [7, 11) is 3.33. The molecule has 2 N–H and O–H groups in total. The normalized spacial score (nSPS) is 28.8. The largest absolute Gasteiger partial charge is 0.355 e. The molecule has 0 aromatic heterocycles. The van der Waals surface area contributed by atoms with E-state index in [1.807, 2.05) is 12.1 Å². The quantitative estimate of drug-likeness (QED) is 0.724. The van der Waals surface area contributed by atoms with Gasteiger partial charge in [-0.05, 0) is 79.4 Å². The molecular formula is C24H33N3O3. The van der Waals surface area contributed by atoms with Crippen molar-refractivity contribution in [3.8, 4) is 0 Å². The molecule has 0 atom stereocenters. The maximum atomic E-state index is 12.6. The lowest BCUT2D eigenvalue weighted by atomic mass is 9.49. The Morgan fingerprint density at radius 2 is 1.57 bits per heavy atom. The van der Waals surface area contributed by atoms with Crippen LogP contribution in [-0.4, -0.2) is 43.3 Å². The summed E-state index contributed by atoms with van der Waals surface area (Å²) < 4.78 is 0. The van der Waals surface area contributed by atoms with E-state index in [9.17, 15) is 14.4 Å². The molecule has 162 valence electrons. The van der Waals surface area contributed by atoms with Gasteiger partial charge in [-0.2, -0.15) is 0 Å². The highest BCUT2D eigenvalue weighted by Gasteiger charge is 2.51. The second-order valence-corrected chi connectivity index (χ2v) is 9.90. The lowest BCUT2D eigenvalue weighted by molar-refractivity contribution is -0.135. The van der Waals surface area contributed by atoms with Gasteiger partial charge in [0.05, 0.1) is 6.54 Å². The molecule has 0 saturated heterocycles. The number of nitrogens with one attached hydrogen (secondary N) is 2. The van der Waals surface area contributed by atoms with Crippen LogP contribution >= 0.6 is 0 Å². The second kappa shape index (κ2) is 8.40. The van der Waals surface area contributed by atoms with Crippen LogP contribution in [0, 0.1) is 23.2 Å². The van der Waals surface area contributed by atoms with Crippen molar-refractivity contribution in [3.05, 3.63) is 35.4 Å². The average molecular weight is 412 g/mol. The van der Waals surface area contributed by atoms with Gasteiger partial charge in [-0.15, -0.1) is 0 Å². The SMILES string of the molecule is CNC(=O)c1ccc(CN(C)C(=O)CNC(=O)CC23CC4CC(CC(C4)C2)C3)cc1. The van der Waals surface area contributed by atoms with E-state index in [2.05, 4.69) is 10.6 Å². The molecule has 0 unspecified atom stereocenters. The number of carbonyl (C=O) groups is 3. The van der Waals surface area contributed by atoms with E-state index in [1.165, 1.54) is 38.5 Å².